The molecule has 8 heteroatoms. The lowest BCUT2D eigenvalue weighted by Gasteiger charge is -1.98. The lowest BCUT2D eigenvalue weighted by atomic mass is 10.2. The Hall–Kier alpha value is -3.16. The predicted molar refractivity (Wildman–Crippen MR) is 78.0 cm³/mol. The fourth-order valence-electron chi connectivity index (χ4n) is 1.89. The first-order valence-electron chi connectivity index (χ1n) is 6.39. The molecule has 0 unspecified atom stereocenters. The number of benzene rings is 1. The number of methoxy groups -OCH3 is 1. The smallest absolute Gasteiger partial charge is 0.332 e. The second kappa shape index (κ2) is 5.32. The summed E-state index contributed by atoms with van der Waals surface area (Å²) in [5, 5.41) is 5.21. The van der Waals surface area contributed by atoms with Crippen LogP contribution in [0.5, 0.6) is 0 Å². The number of nitrogens with one attached hydrogen (secondary N) is 2. The minimum absolute atomic E-state index is 0.0543. The molecule has 0 spiro atoms. The van der Waals surface area contributed by atoms with E-state index in [0.717, 1.165) is 11.6 Å². The first kappa shape index (κ1) is 13.8. The number of carbonyl (C=O) groups excluding carboxylic acids is 2. The maximum absolute atomic E-state index is 11.7. The number of fused-ring (bicyclic) bond motifs is 1. The summed E-state index contributed by atoms with van der Waals surface area (Å²) in [6, 6.07) is 5.78. The van der Waals surface area contributed by atoms with Crippen molar-refractivity contribution in [3.05, 3.63) is 35.5 Å². The molecule has 0 fully saturated rings. The van der Waals surface area contributed by atoms with E-state index in [2.05, 4.69) is 25.3 Å². The van der Waals surface area contributed by atoms with Gasteiger partial charge >= 0.3 is 12.0 Å². The number of aliphatic imine (C=N–C) groups is 1. The van der Waals surface area contributed by atoms with Gasteiger partial charge in [0.05, 0.1) is 13.2 Å². The topological polar surface area (TPSA) is 106 Å². The highest BCUT2D eigenvalue weighted by atomic mass is 16.5. The third-order valence-electron chi connectivity index (χ3n) is 2.92. The van der Waals surface area contributed by atoms with Gasteiger partial charge in [-0.05, 0) is 24.6 Å². The lowest BCUT2D eigenvalue weighted by molar-refractivity contribution is -0.135. The summed E-state index contributed by atoms with van der Waals surface area (Å²) in [6.45, 7) is 1.95. The molecule has 0 aliphatic carbocycles. The molecule has 0 saturated heterocycles. The Morgan fingerprint density at radius 3 is 3.05 bits per heavy atom. The van der Waals surface area contributed by atoms with Crippen LogP contribution in [0, 0.1) is 6.92 Å². The van der Waals surface area contributed by atoms with Gasteiger partial charge in [0.25, 0.3) is 5.91 Å². The van der Waals surface area contributed by atoms with Gasteiger partial charge < -0.3 is 9.15 Å². The first-order valence-corrected chi connectivity index (χ1v) is 6.39. The standard InChI is InChI=1S/C14H12N4O4/c1-7-3-4-10-8(5-7)16-14(22-10)18-13-15-9(12(20)17-13)6-11(19)21-2/h3-6H,1-2H3,(H2,15,16,17,18,20)/b9-6+. The van der Waals surface area contributed by atoms with E-state index >= 15 is 0 Å². The monoisotopic (exact) mass is 300 g/mol. The SMILES string of the molecule is COC(=O)/C=C1/N=C(Nc2nc3cc(C)ccc3o2)NC1=O. The van der Waals surface area contributed by atoms with Gasteiger partial charge in [-0.15, -0.1) is 0 Å². The minimum atomic E-state index is -0.660. The van der Waals surface area contributed by atoms with Gasteiger partial charge in [-0.2, -0.15) is 4.98 Å². The average molecular weight is 300 g/mol. The summed E-state index contributed by atoms with van der Waals surface area (Å²) >= 11 is 0. The molecule has 3 rings (SSSR count). The van der Waals surface area contributed by atoms with Crippen LogP contribution in [-0.4, -0.2) is 29.9 Å². The van der Waals surface area contributed by atoms with E-state index in [-0.39, 0.29) is 17.7 Å². The Morgan fingerprint density at radius 2 is 2.27 bits per heavy atom. The Labute approximate surface area is 124 Å². The summed E-state index contributed by atoms with van der Waals surface area (Å²) in [5.74, 6) is -1.05. The lowest BCUT2D eigenvalue weighted by Crippen LogP contribution is -2.30. The molecule has 1 amide bonds. The molecule has 112 valence electrons. The van der Waals surface area contributed by atoms with Crippen molar-refractivity contribution in [2.45, 2.75) is 6.92 Å². The number of carbonyl (C=O) groups is 2. The molecule has 1 aromatic heterocycles. The van der Waals surface area contributed by atoms with Crippen molar-refractivity contribution in [1.29, 1.82) is 0 Å². The number of aryl methyl sites for hydroxylation is 1. The highest BCUT2D eigenvalue weighted by Crippen LogP contribution is 2.20. The highest BCUT2D eigenvalue weighted by Gasteiger charge is 2.22. The van der Waals surface area contributed by atoms with Crippen molar-refractivity contribution < 1.29 is 18.7 Å². The van der Waals surface area contributed by atoms with Gasteiger partial charge in [0.1, 0.15) is 11.2 Å². The maximum Gasteiger partial charge on any atom is 0.332 e. The number of anilines is 1. The highest BCUT2D eigenvalue weighted by molar-refractivity contribution is 6.16. The van der Waals surface area contributed by atoms with Gasteiger partial charge in [0, 0.05) is 0 Å². The van der Waals surface area contributed by atoms with Crippen molar-refractivity contribution in [2.24, 2.45) is 4.99 Å². The van der Waals surface area contributed by atoms with Crippen LogP contribution in [0.4, 0.5) is 6.01 Å². The zero-order valence-electron chi connectivity index (χ0n) is 11.8. The molecule has 2 aromatic rings. The third-order valence-corrected chi connectivity index (χ3v) is 2.92. The maximum atomic E-state index is 11.7. The summed E-state index contributed by atoms with van der Waals surface area (Å²) in [4.78, 5) is 31.0. The number of guanidine groups is 1. The Kier molecular flexibility index (Phi) is 3.34. The normalized spacial score (nSPS) is 15.8. The van der Waals surface area contributed by atoms with Crippen LogP contribution in [0.3, 0.4) is 0 Å². The van der Waals surface area contributed by atoms with Crippen LogP contribution in [-0.2, 0) is 14.3 Å². The second-order valence-corrected chi connectivity index (χ2v) is 4.58. The van der Waals surface area contributed by atoms with E-state index in [9.17, 15) is 9.59 Å². The van der Waals surface area contributed by atoms with Crippen LogP contribution < -0.4 is 10.6 Å². The van der Waals surface area contributed by atoms with E-state index in [1.165, 1.54) is 7.11 Å². The number of esters is 1. The summed E-state index contributed by atoms with van der Waals surface area (Å²) in [6.07, 6.45) is 0.999. The van der Waals surface area contributed by atoms with Gasteiger partial charge in [-0.3, -0.25) is 15.4 Å². The number of rotatable bonds is 2. The third kappa shape index (κ3) is 2.66. The number of hydrogen-bond donors (Lipinski definition) is 2. The van der Waals surface area contributed by atoms with Gasteiger partial charge in [0.2, 0.25) is 5.96 Å². The zero-order chi connectivity index (χ0) is 15.7. The predicted octanol–water partition coefficient (Wildman–Crippen LogP) is 1.09. The number of aromatic nitrogens is 1. The molecule has 8 nitrogen and oxygen atoms in total. The van der Waals surface area contributed by atoms with Gasteiger partial charge in [0.15, 0.2) is 5.58 Å². The molecule has 1 aromatic carbocycles. The molecule has 2 N–H and O–H groups in total. The quantitative estimate of drug-likeness (QED) is 0.635. The van der Waals surface area contributed by atoms with Gasteiger partial charge in [-0.1, -0.05) is 6.07 Å². The van der Waals surface area contributed by atoms with Crippen molar-refractivity contribution in [3.63, 3.8) is 0 Å². The molecular weight excluding hydrogens is 288 g/mol. The van der Waals surface area contributed by atoms with Crippen LogP contribution in [0.25, 0.3) is 11.1 Å². The van der Waals surface area contributed by atoms with Crippen molar-refractivity contribution >= 4 is 35.0 Å². The molecule has 0 radical (unpaired) electrons. The average Bonchev–Trinajstić information content (AvgIpc) is 3.01. The Morgan fingerprint density at radius 1 is 1.45 bits per heavy atom. The van der Waals surface area contributed by atoms with Crippen molar-refractivity contribution in [3.8, 4) is 0 Å². The Bertz CT molecular complexity index is 834. The Balaban J connectivity index is 1.83. The molecule has 1 aliphatic heterocycles. The molecule has 22 heavy (non-hydrogen) atoms. The molecular formula is C14H12N4O4. The van der Waals surface area contributed by atoms with E-state index in [4.69, 9.17) is 4.42 Å². The zero-order valence-corrected chi connectivity index (χ0v) is 11.8. The number of hydrogen-bond acceptors (Lipinski definition) is 7. The fourth-order valence-corrected chi connectivity index (χ4v) is 1.89. The molecule has 0 atom stereocenters. The van der Waals surface area contributed by atoms with Crippen molar-refractivity contribution in [1.82, 2.24) is 10.3 Å². The molecule has 2 heterocycles. The van der Waals surface area contributed by atoms with E-state index in [1.807, 2.05) is 19.1 Å². The first-order chi connectivity index (χ1) is 10.5. The summed E-state index contributed by atoms with van der Waals surface area (Å²) in [7, 11) is 1.22. The van der Waals surface area contributed by atoms with E-state index in [0.29, 0.717) is 11.1 Å². The largest absolute Gasteiger partial charge is 0.466 e. The van der Waals surface area contributed by atoms with Crippen LogP contribution in [0.2, 0.25) is 0 Å². The summed E-state index contributed by atoms with van der Waals surface area (Å²) < 4.78 is 9.94. The van der Waals surface area contributed by atoms with Crippen LogP contribution >= 0.6 is 0 Å². The van der Waals surface area contributed by atoms with Crippen LogP contribution in [0.15, 0.2) is 39.4 Å². The van der Waals surface area contributed by atoms with E-state index in [1.54, 1.807) is 6.07 Å². The number of ether oxygens (including phenoxy) is 1. The summed E-state index contributed by atoms with van der Waals surface area (Å²) in [5.41, 5.74) is 2.31. The number of amides is 1. The van der Waals surface area contributed by atoms with E-state index < -0.39 is 11.9 Å². The molecule has 1 aliphatic rings. The molecule has 0 bridgehead atoms. The number of nitrogens with zero attached hydrogens (tertiary/aromatic N) is 2. The van der Waals surface area contributed by atoms with Gasteiger partial charge in [-0.25, -0.2) is 9.79 Å². The fraction of sp³-hybridized carbons (Fsp3) is 0.143. The molecule has 0 saturated carbocycles. The van der Waals surface area contributed by atoms with Crippen LogP contribution in [0.1, 0.15) is 5.56 Å². The second-order valence-electron chi connectivity index (χ2n) is 4.58. The number of oxazole rings is 1. The van der Waals surface area contributed by atoms with Crippen molar-refractivity contribution in [2.75, 3.05) is 12.4 Å². The minimum Gasteiger partial charge on any atom is -0.466 e.